The van der Waals surface area contributed by atoms with Crippen molar-refractivity contribution in [3.8, 4) is 10.6 Å². The predicted molar refractivity (Wildman–Crippen MR) is 83.7 cm³/mol. The van der Waals surface area contributed by atoms with Crippen LogP contribution in [0, 0.1) is 5.82 Å². The fraction of sp³-hybridized carbons (Fsp3) is 0.267. The summed E-state index contributed by atoms with van der Waals surface area (Å²) in [5.41, 5.74) is 7.46. The normalized spacial score (nSPS) is 12.0. The van der Waals surface area contributed by atoms with Gasteiger partial charge < -0.3 is 5.73 Å². The van der Waals surface area contributed by atoms with Gasteiger partial charge in [-0.2, -0.15) is 0 Å². The van der Waals surface area contributed by atoms with Crippen LogP contribution in [0.1, 0.15) is 26.5 Å². The van der Waals surface area contributed by atoms with E-state index in [2.05, 4.69) is 15.2 Å². The van der Waals surface area contributed by atoms with Gasteiger partial charge in [0.15, 0.2) is 0 Å². The summed E-state index contributed by atoms with van der Waals surface area (Å²) < 4.78 is 14.1. The number of rotatable bonds is 1. The topological polar surface area (TPSA) is 64.7 Å². The minimum absolute atomic E-state index is 0.193. The Bertz CT molecular complexity index is 820. The summed E-state index contributed by atoms with van der Waals surface area (Å²) in [7, 11) is 0. The zero-order chi connectivity index (χ0) is 15.2. The minimum Gasteiger partial charge on any atom is -0.374 e. The van der Waals surface area contributed by atoms with Gasteiger partial charge in [0.05, 0.1) is 0 Å². The predicted octanol–water partition coefficient (Wildman–Crippen LogP) is 3.77. The van der Waals surface area contributed by atoms with Crippen LogP contribution in [0.15, 0.2) is 24.3 Å². The van der Waals surface area contributed by atoms with Gasteiger partial charge >= 0.3 is 0 Å². The van der Waals surface area contributed by atoms with Gasteiger partial charge in [0.2, 0.25) is 5.13 Å². The molecule has 6 heteroatoms. The number of fused-ring (bicyclic) bond motifs is 1. The first-order valence-electron chi connectivity index (χ1n) is 6.55. The molecule has 4 nitrogen and oxygen atoms in total. The van der Waals surface area contributed by atoms with Crippen LogP contribution >= 0.6 is 11.3 Å². The number of para-hydroxylation sites is 1. The first-order valence-corrected chi connectivity index (χ1v) is 7.37. The first-order chi connectivity index (χ1) is 9.86. The summed E-state index contributed by atoms with van der Waals surface area (Å²) in [6.45, 7) is 6.13. The van der Waals surface area contributed by atoms with Gasteiger partial charge in [-0.1, -0.05) is 44.2 Å². The Morgan fingerprint density at radius 2 is 1.95 bits per heavy atom. The number of nitrogens with zero attached hydrogens (tertiary/aromatic N) is 3. The number of hydrogen-bond donors (Lipinski definition) is 1. The molecule has 0 atom stereocenters. The second-order valence-electron chi connectivity index (χ2n) is 5.89. The third-order valence-corrected chi connectivity index (χ3v) is 4.02. The number of hydrogen-bond acceptors (Lipinski definition) is 5. The maximum atomic E-state index is 14.1. The summed E-state index contributed by atoms with van der Waals surface area (Å²) in [6.07, 6.45) is 0. The third-order valence-electron chi connectivity index (χ3n) is 3.23. The molecule has 0 aliphatic heterocycles. The van der Waals surface area contributed by atoms with Crippen molar-refractivity contribution in [2.24, 2.45) is 0 Å². The van der Waals surface area contributed by atoms with E-state index in [1.54, 1.807) is 6.07 Å². The van der Waals surface area contributed by atoms with Gasteiger partial charge in [0.1, 0.15) is 16.3 Å². The summed E-state index contributed by atoms with van der Waals surface area (Å²) >= 11 is 1.29. The van der Waals surface area contributed by atoms with Crippen LogP contribution < -0.4 is 5.73 Å². The number of pyridine rings is 1. The van der Waals surface area contributed by atoms with Gasteiger partial charge in [-0.3, -0.25) is 0 Å². The summed E-state index contributed by atoms with van der Waals surface area (Å²) in [5.74, 6) is -0.336. The van der Waals surface area contributed by atoms with Gasteiger partial charge in [-0.05, 0) is 12.1 Å². The monoisotopic (exact) mass is 302 g/mol. The Morgan fingerprint density at radius 1 is 1.19 bits per heavy atom. The molecule has 21 heavy (non-hydrogen) atoms. The van der Waals surface area contributed by atoms with E-state index in [4.69, 9.17) is 5.73 Å². The molecular formula is C15H15FN4S. The lowest BCUT2D eigenvalue weighted by Gasteiger charge is -2.19. The van der Waals surface area contributed by atoms with E-state index in [9.17, 15) is 4.39 Å². The molecule has 0 aliphatic rings. The Balaban J connectivity index is 2.38. The molecule has 3 rings (SSSR count). The molecule has 3 aromatic rings. The quantitative estimate of drug-likeness (QED) is 0.743. The number of nitrogens with two attached hydrogens (primary N) is 1. The van der Waals surface area contributed by atoms with Crippen molar-refractivity contribution in [1.82, 2.24) is 15.2 Å². The molecule has 1 aromatic carbocycles. The van der Waals surface area contributed by atoms with Crippen LogP contribution in [0.4, 0.5) is 9.52 Å². The fourth-order valence-corrected chi connectivity index (χ4v) is 2.76. The van der Waals surface area contributed by atoms with Gasteiger partial charge in [-0.25, -0.2) is 9.37 Å². The SMILES string of the molecule is CC(C)(C)c1cc(-c2nnc(N)s2)c2cccc(F)c2n1. The smallest absolute Gasteiger partial charge is 0.203 e. The highest BCUT2D eigenvalue weighted by Gasteiger charge is 2.21. The van der Waals surface area contributed by atoms with E-state index >= 15 is 0 Å². The molecule has 108 valence electrons. The molecule has 0 spiro atoms. The molecule has 0 saturated carbocycles. The van der Waals surface area contributed by atoms with Gasteiger partial charge in [0, 0.05) is 22.1 Å². The van der Waals surface area contributed by atoms with Crippen LogP contribution in [0.3, 0.4) is 0 Å². The van der Waals surface area contributed by atoms with Crippen molar-refractivity contribution < 1.29 is 4.39 Å². The zero-order valence-corrected chi connectivity index (χ0v) is 12.8. The second-order valence-corrected chi connectivity index (χ2v) is 6.90. The number of benzene rings is 1. The number of nitrogen functional groups attached to an aromatic ring is 1. The van der Waals surface area contributed by atoms with Crippen molar-refractivity contribution in [2.45, 2.75) is 26.2 Å². The van der Waals surface area contributed by atoms with Crippen LogP contribution in [-0.4, -0.2) is 15.2 Å². The molecule has 0 aliphatic carbocycles. The molecule has 0 saturated heterocycles. The molecule has 2 N–H and O–H groups in total. The van der Waals surface area contributed by atoms with Crippen molar-refractivity contribution in [3.63, 3.8) is 0 Å². The average molecular weight is 302 g/mol. The Kier molecular flexibility index (Phi) is 3.13. The van der Waals surface area contributed by atoms with Gasteiger partial charge in [0.25, 0.3) is 0 Å². The van der Waals surface area contributed by atoms with E-state index in [0.717, 1.165) is 16.6 Å². The largest absolute Gasteiger partial charge is 0.374 e. The lowest BCUT2D eigenvalue weighted by molar-refractivity contribution is 0.569. The number of aromatic nitrogens is 3. The maximum Gasteiger partial charge on any atom is 0.203 e. The van der Waals surface area contributed by atoms with E-state index in [-0.39, 0.29) is 11.2 Å². The van der Waals surface area contributed by atoms with Crippen molar-refractivity contribution in [1.29, 1.82) is 0 Å². The lowest BCUT2D eigenvalue weighted by atomic mass is 9.90. The number of halogens is 1. The highest BCUT2D eigenvalue weighted by molar-refractivity contribution is 7.18. The van der Waals surface area contributed by atoms with E-state index < -0.39 is 0 Å². The maximum absolute atomic E-state index is 14.1. The van der Waals surface area contributed by atoms with Crippen molar-refractivity contribution in [3.05, 3.63) is 35.8 Å². The van der Waals surface area contributed by atoms with E-state index in [0.29, 0.717) is 15.7 Å². The fourth-order valence-electron chi connectivity index (χ4n) is 2.12. The third kappa shape index (κ3) is 2.47. The molecule has 0 unspecified atom stereocenters. The van der Waals surface area contributed by atoms with Crippen molar-refractivity contribution in [2.75, 3.05) is 5.73 Å². The van der Waals surface area contributed by atoms with Crippen LogP contribution in [0.25, 0.3) is 21.5 Å². The molecular weight excluding hydrogens is 287 g/mol. The second kappa shape index (κ2) is 4.73. The van der Waals surface area contributed by atoms with Crippen LogP contribution in [-0.2, 0) is 5.41 Å². The molecule has 0 amide bonds. The van der Waals surface area contributed by atoms with Crippen molar-refractivity contribution >= 4 is 27.4 Å². The molecule has 0 bridgehead atoms. The first kappa shape index (κ1) is 13.9. The molecule has 0 radical (unpaired) electrons. The lowest BCUT2D eigenvalue weighted by Crippen LogP contribution is -2.14. The summed E-state index contributed by atoms with van der Waals surface area (Å²) in [4.78, 5) is 4.49. The number of anilines is 1. The van der Waals surface area contributed by atoms with Crippen LogP contribution in [0.5, 0.6) is 0 Å². The summed E-state index contributed by atoms with van der Waals surface area (Å²) in [6, 6.07) is 6.87. The van der Waals surface area contributed by atoms with E-state index in [1.807, 2.05) is 32.9 Å². The Hall–Kier alpha value is -2.08. The zero-order valence-electron chi connectivity index (χ0n) is 12.0. The van der Waals surface area contributed by atoms with E-state index in [1.165, 1.54) is 17.4 Å². The highest BCUT2D eigenvalue weighted by atomic mass is 32.1. The Morgan fingerprint density at radius 3 is 2.57 bits per heavy atom. The average Bonchev–Trinajstić information content (AvgIpc) is 2.83. The highest BCUT2D eigenvalue weighted by Crippen LogP contribution is 2.35. The Labute approximate surface area is 125 Å². The van der Waals surface area contributed by atoms with Crippen LogP contribution in [0.2, 0.25) is 0 Å². The summed E-state index contributed by atoms with van der Waals surface area (Å²) in [5, 5.41) is 9.72. The molecule has 2 heterocycles. The standard InChI is InChI=1S/C15H15FN4S/c1-15(2,3)11-7-9(13-19-20-14(17)21-13)8-5-4-6-10(16)12(8)18-11/h4-7H,1-3H3,(H2,17,20). The molecule has 2 aromatic heterocycles. The van der Waals surface area contributed by atoms with Gasteiger partial charge in [-0.15, -0.1) is 10.2 Å². The molecule has 0 fully saturated rings. The minimum atomic E-state index is -0.336.